The molecular weight excluding hydrogens is 326 g/mol. The lowest BCUT2D eigenvalue weighted by Gasteiger charge is -2.26. The number of anilines is 1. The summed E-state index contributed by atoms with van der Waals surface area (Å²) >= 11 is 0. The summed E-state index contributed by atoms with van der Waals surface area (Å²) in [6, 6.07) is 5.97. The third-order valence-corrected chi connectivity index (χ3v) is 5.87. The van der Waals surface area contributed by atoms with Gasteiger partial charge in [0.15, 0.2) is 0 Å². The predicted molar refractivity (Wildman–Crippen MR) is 95.5 cm³/mol. The van der Waals surface area contributed by atoms with Crippen molar-refractivity contribution >= 4 is 29.9 Å². The molecule has 0 spiro atoms. The summed E-state index contributed by atoms with van der Waals surface area (Å²) in [5.74, 6) is 1.29. The number of carbonyl (C=O) groups is 2. The van der Waals surface area contributed by atoms with Gasteiger partial charge in [0.05, 0.1) is 0 Å². The molecule has 0 aromatic heterocycles. The zero-order valence-corrected chi connectivity index (χ0v) is 14.7. The van der Waals surface area contributed by atoms with E-state index in [0.29, 0.717) is 18.3 Å². The molecule has 2 fully saturated rings. The van der Waals surface area contributed by atoms with Gasteiger partial charge in [-0.2, -0.15) is 0 Å². The molecule has 1 saturated heterocycles. The highest BCUT2D eigenvalue weighted by atomic mass is 35.5. The van der Waals surface area contributed by atoms with Crippen molar-refractivity contribution in [3.8, 4) is 0 Å². The molecule has 2 N–H and O–H groups in total. The van der Waals surface area contributed by atoms with Crippen LogP contribution in [0.25, 0.3) is 0 Å². The molecule has 3 aliphatic rings. The molecule has 24 heavy (non-hydrogen) atoms. The van der Waals surface area contributed by atoms with Crippen molar-refractivity contribution in [2.45, 2.75) is 31.7 Å². The van der Waals surface area contributed by atoms with E-state index in [1.54, 1.807) is 11.9 Å². The minimum atomic E-state index is 0. The summed E-state index contributed by atoms with van der Waals surface area (Å²) < 4.78 is 0. The third-order valence-electron chi connectivity index (χ3n) is 5.87. The van der Waals surface area contributed by atoms with Gasteiger partial charge in [-0.1, -0.05) is 0 Å². The van der Waals surface area contributed by atoms with Crippen LogP contribution >= 0.6 is 12.4 Å². The van der Waals surface area contributed by atoms with Crippen LogP contribution in [-0.2, 0) is 11.2 Å². The molecule has 0 radical (unpaired) electrons. The van der Waals surface area contributed by atoms with Crippen molar-refractivity contribution in [3.63, 3.8) is 0 Å². The van der Waals surface area contributed by atoms with Gasteiger partial charge in [-0.25, -0.2) is 0 Å². The minimum absolute atomic E-state index is 0. The van der Waals surface area contributed by atoms with Crippen LogP contribution in [0.2, 0.25) is 0 Å². The average molecular weight is 350 g/mol. The van der Waals surface area contributed by atoms with Gasteiger partial charge >= 0.3 is 0 Å². The van der Waals surface area contributed by atoms with E-state index in [1.165, 1.54) is 0 Å². The van der Waals surface area contributed by atoms with Crippen LogP contribution in [0.1, 0.15) is 35.2 Å². The number of amides is 2. The third kappa shape index (κ3) is 2.70. The van der Waals surface area contributed by atoms with Gasteiger partial charge < -0.3 is 15.5 Å². The summed E-state index contributed by atoms with van der Waals surface area (Å²) in [5, 5.41) is 0. The topological polar surface area (TPSA) is 66.6 Å². The van der Waals surface area contributed by atoms with Crippen LogP contribution in [-0.4, -0.2) is 42.9 Å². The minimum Gasteiger partial charge on any atom is -0.338 e. The van der Waals surface area contributed by atoms with E-state index >= 15 is 0 Å². The molecule has 1 aromatic carbocycles. The number of aryl methyl sites for hydroxylation is 1. The number of nitrogens with two attached hydrogens (primary N) is 1. The van der Waals surface area contributed by atoms with Crippen LogP contribution in [0.5, 0.6) is 0 Å². The number of hydrogen-bond donors (Lipinski definition) is 1. The lowest BCUT2D eigenvalue weighted by molar-refractivity contribution is -0.118. The zero-order chi connectivity index (χ0) is 16.1. The number of carbonyl (C=O) groups excluding carboxylic acids is 2. The summed E-state index contributed by atoms with van der Waals surface area (Å²) in [4.78, 5) is 28.2. The zero-order valence-electron chi connectivity index (χ0n) is 13.9. The molecule has 2 amide bonds. The van der Waals surface area contributed by atoms with Gasteiger partial charge in [0, 0.05) is 43.9 Å². The number of likely N-dealkylation sites (tertiary alicyclic amines) is 1. The van der Waals surface area contributed by atoms with E-state index in [4.69, 9.17) is 5.73 Å². The van der Waals surface area contributed by atoms with Gasteiger partial charge in [0.25, 0.3) is 5.91 Å². The van der Waals surface area contributed by atoms with Crippen molar-refractivity contribution in [2.24, 2.45) is 17.6 Å². The summed E-state index contributed by atoms with van der Waals surface area (Å²) in [6.07, 6.45) is 3.48. The number of nitrogens with zero attached hydrogens (tertiary/aromatic N) is 2. The molecule has 4 rings (SSSR count). The van der Waals surface area contributed by atoms with E-state index in [2.05, 4.69) is 0 Å². The lowest BCUT2D eigenvalue weighted by Crippen LogP contribution is -2.34. The largest absolute Gasteiger partial charge is 0.338 e. The first-order chi connectivity index (χ1) is 11.0. The molecule has 3 unspecified atom stereocenters. The SMILES string of the molecule is CN1C(=O)CCc2cc(C(=O)N3CC4CCC(N)C4C3)ccc21.Cl. The van der Waals surface area contributed by atoms with Crippen molar-refractivity contribution < 1.29 is 9.59 Å². The molecule has 6 heteroatoms. The highest BCUT2D eigenvalue weighted by Gasteiger charge is 2.42. The Balaban J connectivity index is 0.00000169. The van der Waals surface area contributed by atoms with E-state index in [0.717, 1.165) is 49.2 Å². The number of fused-ring (bicyclic) bond motifs is 2. The normalized spacial score (nSPS) is 28.4. The lowest BCUT2D eigenvalue weighted by atomic mass is 9.98. The molecule has 1 aliphatic carbocycles. The van der Waals surface area contributed by atoms with Crippen LogP contribution in [0.3, 0.4) is 0 Å². The monoisotopic (exact) mass is 349 g/mol. The number of hydrogen-bond acceptors (Lipinski definition) is 3. The van der Waals surface area contributed by atoms with Crippen LogP contribution in [0, 0.1) is 11.8 Å². The Morgan fingerprint density at radius 2 is 2.00 bits per heavy atom. The summed E-state index contributed by atoms with van der Waals surface area (Å²) in [5.41, 5.74) is 8.92. The Bertz CT molecular complexity index is 678. The fourth-order valence-electron chi connectivity index (χ4n) is 4.45. The highest BCUT2D eigenvalue weighted by molar-refractivity contribution is 5.99. The summed E-state index contributed by atoms with van der Waals surface area (Å²) in [7, 11) is 1.80. The Labute approximate surface area is 148 Å². The molecule has 2 heterocycles. The standard InChI is InChI=1S/C18H23N3O2.ClH/c1-20-16-6-3-12(8-11(16)4-7-17(20)22)18(23)21-9-13-2-5-15(19)14(13)10-21;/h3,6,8,13-15H,2,4-5,7,9-10,19H2,1H3;1H. The van der Waals surface area contributed by atoms with Gasteiger partial charge in [0.2, 0.25) is 5.91 Å². The summed E-state index contributed by atoms with van der Waals surface area (Å²) in [6.45, 7) is 1.63. The fourth-order valence-corrected chi connectivity index (χ4v) is 4.45. The van der Waals surface area contributed by atoms with E-state index < -0.39 is 0 Å². The van der Waals surface area contributed by atoms with E-state index in [9.17, 15) is 9.59 Å². The molecule has 130 valence electrons. The van der Waals surface area contributed by atoms with Crippen LogP contribution in [0.4, 0.5) is 5.69 Å². The first-order valence-electron chi connectivity index (χ1n) is 8.49. The van der Waals surface area contributed by atoms with Crippen LogP contribution < -0.4 is 10.6 Å². The van der Waals surface area contributed by atoms with Crippen molar-refractivity contribution in [1.82, 2.24) is 4.90 Å². The van der Waals surface area contributed by atoms with Gasteiger partial charge in [0.1, 0.15) is 0 Å². The highest BCUT2D eigenvalue weighted by Crippen LogP contribution is 2.38. The average Bonchev–Trinajstić information content (AvgIpc) is 3.12. The number of benzene rings is 1. The molecule has 3 atom stereocenters. The fraction of sp³-hybridized carbons (Fsp3) is 0.556. The Hall–Kier alpha value is -1.59. The van der Waals surface area contributed by atoms with Crippen molar-refractivity contribution in [3.05, 3.63) is 29.3 Å². The number of halogens is 1. The van der Waals surface area contributed by atoms with Gasteiger partial charge in [-0.05, 0) is 54.9 Å². The van der Waals surface area contributed by atoms with Gasteiger partial charge in [-0.3, -0.25) is 9.59 Å². The van der Waals surface area contributed by atoms with E-state index in [1.807, 2.05) is 23.1 Å². The molecule has 5 nitrogen and oxygen atoms in total. The Morgan fingerprint density at radius 3 is 2.75 bits per heavy atom. The molecule has 1 saturated carbocycles. The predicted octanol–water partition coefficient (Wildman–Crippen LogP) is 1.83. The second-order valence-corrected chi connectivity index (χ2v) is 7.17. The maximum atomic E-state index is 12.8. The first kappa shape index (κ1) is 17.2. The second-order valence-electron chi connectivity index (χ2n) is 7.17. The smallest absolute Gasteiger partial charge is 0.253 e. The van der Waals surface area contributed by atoms with Crippen LogP contribution in [0.15, 0.2) is 18.2 Å². The Kier molecular flexibility index (Phi) is 4.58. The maximum Gasteiger partial charge on any atom is 0.253 e. The molecular formula is C18H24ClN3O2. The quantitative estimate of drug-likeness (QED) is 0.841. The van der Waals surface area contributed by atoms with E-state index in [-0.39, 0.29) is 30.3 Å². The van der Waals surface area contributed by atoms with Gasteiger partial charge in [-0.15, -0.1) is 12.4 Å². The number of rotatable bonds is 1. The molecule has 0 bridgehead atoms. The Morgan fingerprint density at radius 1 is 1.21 bits per heavy atom. The molecule has 1 aromatic rings. The van der Waals surface area contributed by atoms with Crippen molar-refractivity contribution in [2.75, 3.05) is 25.0 Å². The first-order valence-corrected chi connectivity index (χ1v) is 8.49. The second kappa shape index (κ2) is 6.37. The maximum absolute atomic E-state index is 12.8. The molecule has 2 aliphatic heterocycles. The van der Waals surface area contributed by atoms with Crippen molar-refractivity contribution in [1.29, 1.82) is 0 Å².